The van der Waals surface area contributed by atoms with Gasteiger partial charge in [-0.05, 0) is 55.8 Å². The molecule has 0 unspecified atom stereocenters. The molecule has 0 fully saturated rings. The maximum Gasteiger partial charge on any atom is 0.257 e. The molecular formula is C18H20BrN3O3. The van der Waals surface area contributed by atoms with Crippen molar-refractivity contribution in [2.75, 3.05) is 5.32 Å². The van der Waals surface area contributed by atoms with E-state index in [1.807, 2.05) is 33.8 Å². The van der Waals surface area contributed by atoms with Gasteiger partial charge in [-0.2, -0.15) is 5.10 Å². The molecule has 0 aliphatic heterocycles. The van der Waals surface area contributed by atoms with Crippen LogP contribution >= 0.6 is 15.9 Å². The Labute approximate surface area is 154 Å². The highest BCUT2D eigenvalue weighted by Gasteiger charge is 2.17. The van der Waals surface area contributed by atoms with Crippen molar-refractivity contribution in [1.82, 2.24) is 9.78 Å². The summed E-state index contributed by atoms with van der Waals surface area (Å²) in [6.45, 7) is 7.89. The summed E-state index contributed by atoms with van der Waals surface area (Å²) in [7, 11) is 0. The second-order valence-corrected chi connectivity index (χ2v) is 7.09. The number of nitrogens with one attached hydrogen (secondary N) is 1. The number of furan rings is 1. The Bertz CT molecular complexity index is 912. The molecular weight excluding hydrogens is 386 g/mol. The molecule has 6 nitrogen and oxygen atoms in total. The highest BCUT2D eigenvalue weighted by Crippen LogP contribution is 2.33. The van der Waals surface area contributed by atoms with Crippen LogP contribution in [0.1, 0.15) is 44.1 Å². The van der Waals surface area contributed by atoms with Gasteiger partial charge in [0.15, 0.2) is 4.67 Å². The van der Waals surface area contributed by atoms with E-state index >= 15 is 0 Å². The summed E-state index contributed by atoms with van der Waals surface area (Å²) in [6, 6.07) is 7.19. The number of benzene rings is 1. The zero-order valence-electron chi connectivity index (χ0n) is 14.5. The van der Waals surface area contributed by atoms with Gasteiger partial charge in [0, 0.05) is 23.7 Å². The number of aromatic nitrogens is 2. The van der Waals surface area contributed by atoms with Crippen LogP contribution in [-0.4, -0.2) is 21.8 Å². The Morgan fingerprint density at radius 2 is 2.04 bits per heavy atom. The van der Waals surface area contributed by atoms with Crippen LogP contribution < -0.4 is 10.1 Å². The SMILES string of the molecule is CC(C)Oc1cc(C(=O)Nc2ccnn2C(C)C)cc2oc(Br)cc12. The minimum Gasteiger partial charge on any atom is -0.490 e. The zero-order valence-corrected chi connectivity index (χ0v) is 16.1. The van der Waals surface area contributed by atoms with E-state index < -0.39 is 0 Å². The summed E-state index contributed by atoms with van der Waals surface area (Å²) in [6.07, 6.45) is 1.65. The van der Waals surface area contributed by atoms with Gasteiger partial charge in [-0.3, -0.25) is 4.79 Å². The number of hydrogen-bond donors (Lipinski definition) is 1. The average Bonchev–Trinajstić information content (AvgIpc) is 3.12. The molecule has 0 bridgehead atoms. The van der Waals surface area contributed by atoms with Crippen molar-refractivity contribution < 1.29 is 13.9 Å². The van der Waals surface area contributed by atoms with Crippen molar-refractivity contribution in [1.29, 1.82) is 0 Å². The molecule has 0 radical (unpaired) electrons. The minimum absolute atomic E-state index is 0.0161. The quantitative estimate of drug-likeness (QED) is 0.647. The first-order valence-corrected chi connectivity index (χ1v) is 8.89. The number of nitrogens with zero attached hydrogens (tertiary/aromatic N) is 2. The van der Waals surface area contributed by atoms with Gasteiger partial charge in [0.1, 0.15) is 17.2 Å². The molecule has 1 N–H and O–H groups in total. The van der Waals surface area contributed by atoms with Gasteiger partial charge in [-0.1, -0.05) is 0 Å². The smallest absolute Gasteiger partial charge is 0.257 e. The minimum atomic E-state index is -0.245. The topological polar surface area (TPSA) is 69.3 Å². The maximum absolute atomic E-state index is 12.7. The number of fused-ring (bicyclic) bond motifs is 1. The number of ether oxygens (including phenoxy) is 1. The molecule has 0 spiro atoms. The molecule has 0 saturated heterocycles. The summed E-state index contributed by atoms with van der Waals surface area (Å²) in [5, 5.41) is 7.94. The van der Waals surface area contributed by atoms with Crippen molar-refractivity contribution in [2.24, 2.45) is 0 Å². The molecule has 1 aromatic carbocycles. The molecule has 2 heterocycles. The first-order valence-electron chi connectivity index (χ1n) is 8.09. The van der Waals surface area contributed by atoms with Crippen LogP contribution in [0.3, 0.4) is 0 Å². The number of hydrogen-bond acceptors (Lipinski definition) is 4. The third kappa shape index (κ3) is 3.71. The highest BCUT2D eigenvalue weighted by atomic mass is 79.9. The molecule has 1 amide bonds. The molecule has 0 atom stereocenters. The fraction of sp³-hybridized carbons (Fsp3) is 0.333. The second-order valence-electron chi connectivity index (χ2n) is 6.31. The number of amides is 1. The van der Waals surface area contributed by atoms with E-state index in [0.717, 1.165) is 5.39 Å². The predicted molar refractivity (Wildman–Crippen MR) is 100 cm³/mol. The van der Waals surface area contributed by atoms with Crippen LogP contribution in [-0.2, 0) is 0 Å². The molecule has 3 aromatic rings. The number of halogens is 1. The number of carbonyl (C=O) groups is 1. The fourth-order valence-electron chi connectivity index (χ4n) is 2.57. The normalized spacial score (nSPS) is 11.5. The number of carbonyl (C=O) groups excluding carboxylic acids is 1. The number of rotatable bonds is 5. The molecule has 0 aliphatic carbocycles. The molecule has 0 saturated carbocycles. The van der Waals surface area contributed by atoms with Crippen LogP contribution in [0.25, 0.3) is 11.0 Å². The van der Waals surface area contributed by atoms with E-state index in [1.54, 1.807) is 29.1 Å². The van der Waals surface area contributed by atoms with Crippen molar-refractivity contribution in [3.05, 3.63) is 40.7 Å². The first-order chi connectivity index (χ1) is 11.8. The standard InChI is InChI=1S/C18H20BrN3O3/c1-10(2)22-17(5-6-20-22)21-18(23)12-7-14(24-11(3)4)13-9-16(19)25-15(13)8-12/h5-11H,1-4H3,(H,21,23). The van der Waals surface area contributed by atoms with E-state index in [1.165, 1.54) is 0 Å². The Morgan fingerprint density at radius 3 is 2.72 bits per heavy atom. The van der Waals surface area contributed by atoms with Gasteiger partial charge in [0.25, 0.3) is 5.91 Å². The van der Waals surface area contributed by atoms with Crippen LogP contribution in [0.2, 0.25) is 0 Å². The summed E-state index contributed by atoms with van der Waals surface area (Å²) in [5.41, 5.74) is 1.05. The van der Waals surface area contributed by atoms with Crippen molar-refractivity contribution in [3.8, 4) is 5.75 Å². The second kappa shape index (κ2) is 6.92. The summed E-state index contributed by atoms with van der Waals surface area (Å²) >= 11 is 3.33. The maximum atomic E-state index is 12.7. The molecule has 7 heteroatoms. The van der Waals surface area contributed by atoms with Crippen LogP contribution in [0, 0.1) is 0 Å². The third-order valence-electron chi connectivity index (χ3n) is 3.60. The van der Waals surface area contributed by atoms with Gasteiger partial charge in [-0.25, -0.2) is 4.68 Å². The molecule has 3 rings (SSSR count). The van der Waals surface area contributed by atoms with E-state index in [2.05, 4.69) is 26.3 Å². The lowest BCUT2D eigenvalue weighted by Gasteiger charge is -2.14. The molecule has 2 aromatic heterocycles. The lowest BCUT2D eigenvalue weighted by atomic mass is 10.1. The van der Waals surface area contributed by atoms with Crippen LogP contribution in [0.5, 0.6) is 5.75 Å². The highest BCUT2D eigenvalue weighted by molar-refractivity contribution is 9.10. The van der Waals surface area contributed by atoms with E-state index in [0.29, 0.717) is 27.4 Å². The van der Waals surface area contributed by atoms with Gasteiger partial charge < -0.3 is 14.5 Å². The number of anilines is 1. The largest absolute Gasteiger partial charge is 0.490 e. The Morgan fingerprint density at radius 1 is 1.28 bits per heavy atom. The van der Waals surface area contributed by atoms with Gasteiger partial charge in [0.2, 0.25) is 0 Å². The van der Waals surface area contributed by atoms with Crippen molar-refractivity contribution in [2.45, 2.75) is 39.8 Å². The monoisotopic (exact) mass is 405 g/mol. The van der Waals surface area contributed by atoms with Crippen molar-refractivity contribution in [3.63, 3.8) is 0 Å². The summed E-state index contributed by atoms with van der Waals surface area (Å²) < 4.78 is 13.8. The Balaban J connectivity index is 1.97. The zero-order chi connectivity index (χ0) is 18.1. The summed E-state index contributed by atoms with van der Waals surface area (Å²) in [4.78, 5) is 12.7. The summed E-state index contributed by atoms with van der Waals surface area (Å²) in [5.74, 6) is 1.02. The van der Waals surface area contributed by atoms with Gasteiger partial charge in [-0.15, -0.1) is 0 Å². The van der Waals surface area contributed by atoms with E-state index in [-0.39, 0.29) is 18.1 Å². The third-order valence-corrected chi connectivity index (χ3v) is 3.99. The van der Waals surface area contributed by atoms with E-state index in [4.69, 9.17) is 9.15 Å². The van der Waals surface area contributed by atoms with Crippen LogP contribution in [0.15, 0.2) is 39.5 Å². The lowest BCUT2D eigenvalue weighted by Crippen LogP contribution is -2.17. The molecule has 25 heavy (non-hydrogen) atoms. The van der Waals surface area contributed by atoms with Crippen molar-refractivity contribution >= 4 is 38.6 Å². The average molecular weight is 406 g/mol. The molecule has 0 aliphatic rings. The molecule has 132 valence electrons. The van der Waals surface area contributed by atoms with Crippen LogP contribution in [0.4, 0.5) is 5.82 Å². The van der Waals surface area contributed by atoms with Gasteiger partial charge >= 0.3 is 0 Å². The first kappa shape index (κ1) is 17.5. The predicted octanol–water partition coefficient (Wildman–Crippen LogP) is 5.01. The fourth-order valence-corrected chi connectivity index (χ4v) is 2.97. The Kier molecular flexibility index (Phi) is 4.85. The Hall–Kier alpha value is -2.28. The van der Waals surface area contributed by atoms with E-state index in [9.17, 15) is 4.79 Å². The van der Waals surface area contributed by atoms with Gasteiger partial charge in [0.05, 0.1) is 17.7 Å². The lowest BCUT2D eigenvalue weighted by molar-refractivity contribution is 0.102.